The van der Waals surface area contributed by atoms with Crippen molar-refractivity contribution >= 4 is 43.7 Å². The van der Waals surface area contributed by atoms with Gasteiger partial charge in [0.25, 0.3) is 0 Å². The van der Waals surface area contributed by atoms with Crippen LogP contribution in [0, 0.1) is 0 Å². The van der Waals surface area contributed by atoms with E-state index in [4.69, 9.17) is 24.4 Å². The Morgan fingerprint density at radius 3 is 1.64 bits per heavy atom. The van der Waals surface area contributed by atoms with Crippen LogP contribution in [0.3, 0.4) is 0 Å². The zero-order valence-electron chi connectivity index (χ0n) is 30.0. The molecular formula is C50H31N5O. The number of pyridine rings is 1. The second kappa shape index (κ2) is 13.0. The molecule has 11 aromatic rings. The molecule has 0 fully saturated rings. The highest BCUT2D eigenvalue weighted by Crippen LogP contribution is 2.40. The summed E-state index contributed by atoms with van der Waals surface area (Å²) in [7, 11) is 0. The highest BCUT2D eigenvalue weighted by molar-refractivity contribution is 6.17. The van der Waals surface area contributed by atoms with Gasteiger partial charge >= 0.3 is 0 Å². The molecule has 6 nitrogen and oxygen atoms in total. The first-order valence-corrected chi connectivity index (χ1v) is 18.6. The molecule has 262 valence electrons. The van der Waals surface area contributed by atoms with Crippen molar-refractivity contribution in [1.29, 1.82) is 0 Å². The van der Waals surface area contributed by atoms with Gasteiger partial charge in [0.15, 0.2) is 17.5 Å². The summed E-state index contributed by atoms with van der Waals surface area (Å²) < 4.78 is 8.63. The Labute approximate surface area is 322 Å². The van der Waals surface area contributed by atoms with E-state index in [-0.39, 0.29) is 0 Å². The van der Waals surface area contributed by atoms with Crippen molar-refractivity contribution in [3.05, 3.63) is 188 Å². The van der Waals surface area contributed by atoms with Crippen molar-refractivity contribution in [2.75, 3.05) is 0 Å². The molecule has 0 spiro atoms. The molecule has 0 atom stereocenters. The third kappa shape index (κ3) is 5.35. The predicted molar refractivity (Wildman–Crippen MR) is 226 cm³/mol. The van der Waals surface area contributed by atoms with Gasteiger partial charge in [-0.2, -0.15) is 0 Å². The van der Waals surface area contributed by atoms with Gasteiger partial charge in [-0.05, 0) is 53.1 Å². The smallest absolute Gasteiger partial charge is 0.167 e. The van der Waals surface area contributed by atoms with Crippen LogP contribution in [0.4, 0.5) is 0 Å². The van der Waals surface area contributed by atoms with Crippen LogP contribution in [-0.2, 0) is 0 Å². The minimum atomic E-state index is 0.530. The fraction of sp³-hybridized carbons (Fsp3) is 0. The third-order valence-corrected chi connectivity index (χ3v) is 10.5. The Morgan fingerprint density at radius 2 is 0.929 bits per heavy atom. The first kappa shape index (κ1) is 31.8. The van der Waals surface area contributed by atoms with Gasteiger partial charge in [-0.1, -0.05) is 146 Å². The molecule has 4 heterocycles. The quantitative estimate of drug-likeness (QED) is 0.171. The number of para-hydroxylation sites is 2. The minimum Gasteiger partial charge on any atom is -0.456 e. The van der Waals surface area contributed by atoms with Crippen LogP contribution >= 0.6 is 0 Å². The van der Waals surface area contributed by atoms with Gasteiger partial charge in [-0.25, -0.2) is 19.9 Å². The van der Waals surface area contributed by atoms with Crippen LogP contribution in [0.2, 0.25) is 0 Å². The first-order valence-electron chi connectivity index (χ1n) is 18.6. The van der Waals surface area contributed by atoms with E-state index in [2.05, 4.69) is 108 Å². The average molecular weight is 718 g/mol. The second-order valence-electron chi connectivity index (χ2n) is 13.9. The van der Waals surface area contributed by atoms with Crippen LogP contribution in [0.15, 0.2) is 193 Å². The number of fused-ring (bicyclic) bond motifs is 6. The number of hydrogen-bond donors (Lipinski definition) is 0. The van der Waals surface area contributed by atoms with E-state index >= 15 is 0 Å². The highest BCUT2D eigenvalue weighted by Gasteiger charge is 2.23. The van der Waals surface area contributed by atoms with E-state index in [1.54, 1.807) is 0 Å². The van der Waals surface area contributed by atoms with Crippen molar-refractivity contribution in [3.63, 3.8) is 0 Å². The largest absolute Gasteiger partial charge is 0.456 e. The molecule has 0 bridgehead atoms. The van der Waals surface area contributed by atoms with E-state index in [1.807, 2.05) is 85.1 Å². The number of aromatic nitrogens is 5. The summed E-state index contributed by atoms with van der Waals surface area (Å²) in [6, 6.07) is 62.4. The van der Waals surface area contributed by atoms with Gasteiger partial charge in [0.2, 0.25) is 0 Å². The molecule has 11 rings (SSSR count). The number of nitrogens with zero attached hydrogens (tertiary/aromatic N) is 5. The van der Waals surface area contributed by atoms with Crippen molar-refractivity contribution in [2.24, 2.45) is 0 Å². The molecule has 0 N–H and O–H groups in total. The van der Waals surface area contributed by atoms with Crippen LogP contribution in [0.1, 0.15) is 0 Å². The van der Waals surface area contributed by atoms with E-state index in [0.29, 0.717) is 17.5 Å². The summed E-state index contributed by atoms with van der Waals surface area (Å²) in [6.45, 7) is 0. The second-order valence-corrected chi connectivity index (χ2v) is 13.9. The molecule has 6 heteroatoms. The lowest BCUT2D eigenvalue weighted by atomic mass is 9.99. The fourth-order valence-corrected chi connectivity index (χ4v) is 7.81. The molecular weight excluding hydrogens is 687 g/mol. The average Bonchev–Trinajstić information content (AvgIpc) is 3.81. The first-order chi connectivity index (χ1) is 27.7. The molecule has 0 aliphatic heterocycles. The molecule has 0 radical (unpaired) electrons. The summed E-state index contributed by atoms with van der Waals surface area (Å²) in [6.07, 6.45) is 1.97. The molecule has 7 aromatic carbocycles. The standard InChI is InChI=1S/C50H31N5O/c1-4-15-32(16-5-1)35-21-14-22-36(27-35)37-28-42(49-53-47(33-17-6-2-7-18-33)52-48(54-49)34-19-8-3-9-20-34)50(51-31-37)55-43-25-12-10-23-38(43)40-30-46-41(29-44(40)55)39-24-11-13-26-45(39)56-46/h1-31H. The van der Waals surface area contributed by atoms with Gasteiger partial charge in [-0.3, -0.25) is 4.57 Å². The molecule has 4 aromatic heterocycles. The summed E-state index contributed by atoms with van der Waals surface area (Å²) in [4.78, 5) is 20.8. The fourth-order valence-electron chi connectivity index (χ4n) is 7.81. The SMILES string of the molecule is c1ccc(-c2cccc(-c3cnc(-n4c5ccccc5c5cc6oc7ccccc7c6cc54)c(-c4nc(-c5ccccc5)nc(-c5ccccc5)n4)c3)c2)cc1. The van der Waals surface area contributed by atoms with Gasteiger partial charge < -0.3 is 4.42 Å². The molecule has 0 aliphatic carbocycles. The molecule has 56 heavy (non-hydrogen) atoms. The number of benzene rings is 7. The number of hydrogen-bond acceptors (Lipinski definition) is 5. The minimum absolute atomic E-state index is 0.530. The van der Waals surface area contributed by atoms with E-state index in [1.165, 1.54) is 0 Å². The maximum Gasteiger partial charge on any atom is 0.167 e. The van der Waals surface area contributed by atoms with Gasteiger partial charge in [0, 0.05) is 44.4 Å². The lowest BCUT2D eigenvalue weighted by Gasteiger charge is -2.15. The lowest BCUT2D eigenvalue weighted by Crippen LogP contribution is -2.05. The lowest BCUT2D eigenvalue weighted by molar-refractivity contribution is 0.669. The van der Waals surface area contributed by atoms with Crippen molar-refractivity contribution in [3.8, 4) is 62.2 Å². The summed E-state index contributed by atoms with van der Waals surface area (Å²) in [5.74, 6) is 2.42. The molecule has 0 amide bonds. The molecule has 0 unspecified atom stereocenters. The maximum absolute atomic E-state index is 6.38. The maximum atomic E-state index is 6.38. The molecule has 0 saturated carbocycles. The summed E-state index contributed by atoms with van der Waals surface area (Å²) in [5, 5.41) is 4.29. The van der Waals surface area contributed by atoms with E-state index in [9.17, 15) is 0 Å². The van der Waals surface area contributed by atoms with E-state index < -0.39 is 0 Å². The molecule has 0 saturated heterocycles. The zero-order valence-corrected chi connectivity index (χ0v) is 30.0. The summed E-state index contributed by atoms with van der Waals surface area (Å²) >= 11 is 0. The summed E-state index contributed by atoms with van der Waals surface area (Å²) in [5.41, 5.74) is 10.6. The topological polar surface area (TPSA) is 69.6 Å². The normalized spacial score (nSPS) is 11.6. The van der Waals surface area contributed by atoms with Crippen molar-refractivity contribution in [1.82, 2.24) is 24.5 Å². The predicted octanol–water partition coefficient (Wildman–Crippen LogP) is 12.6. The van der Waals surface area contributed by atoms with Crippen LogP contribution < -0.4 is 0 Å². The van der Waals surface area contributed by atoms with Gasteiger partial charge in [0.1, 0.15) is 17.0 Å². The Balaban J connectivity index is 1.22. The zero-order chi connectivity index (χ0) is 37.0. The van der Waals surface area contributed by atoms with Gasteiger partial charge in [-0.15, -0.1) is 0 Å². The van der Waals surface area contributed by atoms with Crippen LogP contribution in [-0.4, -0.2) is 24.5 Å². The monoisotopic (exact) mass is 717 g/mol. The Bertz CT molecular complexity index is 3190. The Hall–Kier alpha value is -7.70. The van der Waals surface area contributed by atoms with Crippen molar-refractivity contribution in [2.45, 2.75) is 0 Å². The van der Waals surface area contributed by atoms with Crippen LogP contribution in [0.5, 0.6) is 0 Å². The van der Waals surface area contributed by atoms with Crippen molar-refractivity contribution < 1.29 is 4.42 Å². The third-order valence-electron chi connectivity index (χ3n) is 10.5. The Kier molecular flexibility index (Phi) is 7.38. The Morgan fingerprint density at radius 1 is 0.357 bits per heavy atom. The number of furan rings is 1. The van der Waals surface area contributed by atoms with Gasteiger partial charge in [0.05, 0.1) is 16.6 Å². The van der Waals surface area contributed by atoms with E-state index in [0.717, 1.165) is 88.5 Å². The van der Waals surface area contributed by atoms with Crippen LogP contribution in [0.25, 0.3) is 106 Å². The molecule has 0 aliphatic rings. The highest BCUT2D eigenvalue weighted by atomic mass is 16.3. The number of rotatable bonds is 6.